The number of nitrogens with one attached hydrogen (secondary N) is 2. The van der Waals surface area contributed by atoms with Gasteiger partial charge >= 0.3 is 0 Å². The predicted octanol–water partition coefficient (Wildman–Crippen LogP) is 4.76. The molecule has 3 unspecified atom stereocenters. The molecule has 0 radical (unpaired) electrons. The first kappa shape index (κ1) is 29.0. The van der Waals surface area contributed by atoms with Crippen molar-refractivity contribution in [2.75, 3.05) is 13.7 Å². The Bertz CT molecular complexity index is 1370. The average Bonchev–Trinajstić information content (AvgIpc) is 2.94. The average molecular weight is 546 g/mol. The summed E-state index contributed by atoms with van der Waals surface area (Å²) in [4.78, 5) is 28.4. The van der Waals surface area contributed by atoms with Gasteiger partial charge in [-0.15, -0.1) is 0 Å². The largest absolute Gasteiger partial charge is 0.494 e. The SMILES string of the molecule is COc1ccc(C(CCCCOc2ccc(C3=NNC(=O)CC3C)cc2)C(C)CC(=O)NN)c2ccc(C)nc12. The van der Waals surface area contributed by atoms with Crippen LogP contribution in [0.15, 0.2) is 53.6 Å². The first-order valence-electron chi connectivity index (χ1n) is 13.8. The number of fused-ring (bicyclic) bond motifs is 1. The summed E-state index contributed by atoms with van der Waals surface area (Å²) in [6.07, 6.45) is 3.47. The van der Waals surface area contributed by atoms with Gasteiger partial charge in [-0.2, -0.15) is 5.10 Å². The zero-order valence-electron chi connectivity index (χ0n) is 23.7. The van der Waals surface area contributed by atoms with Gasteiger partial charge in [0.15, 0.2) is 0 Å². The lowest BCUT2D eigenvalue weighted by Crippen LogP contribution is -2.32. The number of rotatable bonds is 12. The Morgan fingerprint density at radius 1 is 1.15 bits per heavy atom. The summed E-state index contributed by atoms with van der Waals surface area (Å²) in [5.41, 5.74) is 9.62. The van der Waals surface area contributed by atoms with E-state index in [1.165, 1.54) is 0 Å². The number of unbranched alkanes of at least 4 members (excludes halogenated alkanes) is 1. The molecule has 0 saturated carbocycles. The third-order valence-electron chi connectivity index (χ3n) is 7.56. The molecule has 0 aliphatic carbocycles. The molecule has 3 atom stereocenters. The van der Waals surface area contributed by atoms with Crippen LogP contribution >= 0.6 is 0 Å². The maximum Gasteiger partial charge on any atom is 0.240 e. The van der Waals surface area contributed by atoms with Crippen LogP contribution in [0, 0.1) is 18.8 Å². The molecule has 212 valence electrons. The second kappa shape index (κ2) is 13.4. The summed E-state index contributed by atoms with van der Waals surface area (Å²) in [5, 5.41) is 5.27. The highest BCUT2D eigenvalue weighted by molar-refractivity contribution is 6.05. The lowest BCUT2D eigenvalue weighted by Gasteiger charge is -2.26. The molecule has 9 nitrogen and oxygen atoms in total. The van der Waals surface area contributed by atoms with Crippen molar-refractivity contribution in [3.05, 3.63) is 65.4 Å². The fraction of sp³-hybridized carbons (Fsp3) is 0.419. The zero-order valence-corrected chi connectivity index (χ0v) is 23.7. The summed E-state index contributed by atoms with van der Waals surface area (Å²) in [6, 6.07) is 16.0. The van der Waals surface area contributed by atoms with Crippen molar-refractivity contribution in [1.29, 1.82) is 0 Å². The van der Waals surface area contributed by atoms with Crippen LogP contribution < -0.4 is 26.2 Å². The van der Waals surface area contributed by atoms with E-state index in [1.807, 2.05) is 50.2 Å². The summed E-state index contributed by atoms with van der Waals surface area (Å²) >= 11 is 0. The van der Waals surface area contributed by atoms with Crippen LogP contribution in [0.1, 0.15) is 68.7 Å². The summed E-state index contributed by atoms with van der Waals surface area (Å²) in [6.45, 7) is 6.65. The first-order valence-corrected chi connectivity index (χ1v) is 13.8. The van der Waals surface area contributed by atoms with Gasteiger partial charge in [-0.25, -0.2) is 16.3 Å². The Kier molecular flexibility index (Phi) is 9.71. The van der Waals surface area contributed by atoms with Gasteiger partial charge in [0.05, 0.1) is 19.4 Å². The number of nitrogens with two attached hydrogens (primary N) is 1. The molecule has 0 fully saturated rings. The Balaban J connectivity index is 1.40. The number of ether oxygens (including phenoxy) is 2. The van der Waals surface area contributed by atoms with E-state index < -0.39 is 0 Å². The molecule has 40 heavy (non-hydrogen) atoms. The third kappa shape index (κ3) is 6.96. The maximum atomic E-state index is 12.1. The van der Waals surface area contributed by atoms with E-state index in [4.69, 9.17) is 20.3 Å². The molecule has 2 amide bonds. The number of hydrogen-bond acceptors (Lipinski definition) is 7. The van der Waals surface area contributed by atoms with Gasteiger partial charge in [-0.05, 0) is 85.5 Å². The molecular weight excluding hydrogens is 506 g/mol. The van der Waals surface area contributed by atoms with E-state index in [1.54, 1.807) is 7.11 Å². The monoisotopic (exact) mass is 545 g/mol. The Morgan fingerprint density at radius 3 is 2.62 bits per heavy atom. The molecular formula is C31H39N5O4. The summed E-state index contributed by atoms with van der Waals surface area (Å²) in [5.74, 6) is 6.99. The Hall–Kier alpha value is -3.98. The minimum Gasteiger partial charge on any atom is -0.494 e. The number of amides is 2. The number of benzene rings is 2. The number of nitrogens with zero attached hydrogens (tertiary/aromatic N) is 2. The number of aryl methyl sites for hydroxylation is 1. The molecule has 0 spiro atoms. The van der Waals surface area contributed by atoms with Crippen molar-refractivity contribution in [2.45, 2.75) is 58.8 Å². The van der Waals surface area contributed by atoms with E-state index in [-0.39, 0.29) is 29.6 Å². The van der Waals surface area contributed by atoms with Gasteiger partial charge in [0.1, 0.15) is 17.0 Å². The second-order valence-corrected chi connectivity index (χ2v) is 10.6. The van der Waals surface area contributed by atoms with Crippen molar-refractivity contribution in [2.24, 2.45) is 22.8 Å². The van der Waals surface area contributed by atoms with Crippen molar-refractivity contribution in [1.82, 2.24) is 15.8 Å². The van der Waals surface area contributed by atoms with Gasteiger partial charge in [-0.1, -0.05) is 26.0 Å². The van der Waals surface area contributed by atoms with Gasteiger partial charge < -0.3 is 9.47 Å². The molecule has 0 bridgehead atoms. The van der Waals surface area contributed by atoms with E-state index in [2.05, 4.69) is 35.0 Å². The third-order valence-corrected chi connectivity index (χ3v) is 7.56. The smallest absolute Gasteiger partial charge is 0.240 e. The molecule has 3 aromatic rings. The van der Waals surface area contributed by atoms with E-state index in [9.17, 15) is 9.59 Å². The molecule has 2 aromatic carbocycles. The van der Waals surface area contributed by atoms with Crippen LogP contribution in [0.4, 0.5) is 0 Å². The molecule has 1 aliphatic rings. The quantitative estimate of drug-likeness (QED) is 0.130. The molecule has 9 heteroatoms. The van der Waals surface area contributed by atoms with Crippen LogP contribution in [0.25, 0.3) is 10.9 Å². The van der Waals surface area contributed by atoms with Crippen molar-refractivity contribution < 1.29 is 19.1 Å². The number of hydrogen-bond donors (Lipinski definition) is 3. The number of hydrazone groups is 1. The van der Waals surface area contributed by atoms with Gasteiger partial charge in [0.2, 0.25) is 11.8 Å². The normalized spacial score (nSPS) is 16.6. The number of hydrazine groups is 1. The van der Waals surface area contributed by atoms with Gasteiger partial charge in [-0.3, -0.25) is 15.0 Å². The number of pyridine rings is 1. The highest BCUT2D eigenvalue weighted by Crippen LogP contribution is 2.38. The standard InChI is InChI=1S/C31H39N5O4/c1-19(17-28(37)34-32)24(25-14-15-27(39-4)31-26(25)13-8-21(3)33-31)7-5-6-16-40-23-11-9-22(10-12-23)30-20(2)18-29(38)35-36-30/h8-15,19-20,24H,5-7,16-18,32H2,1-4H3,(H,34,37)(H,35,38). The van der Waals surface area contributed by atoms with Crippen LogP contribution in [0.5, 0.6) is 11.5 Å². The lowest BCUT2D eigenvalue weighted by atomic mass is 9.80. The minimum atomic E-state index is -0.174. The predicted molar refractivity (Wildman–Crippen MR) is 156 cm³/mol. The molecule has 4 rings (SSSR count). The minimum absolute atomic E-state index is 0.0533. The number of carbonyl (C=O) groups is 2. The number of aromatic nitrogens is 1. The molecule has 4 N–H and O–H groups in total. The van der Waals surface area contributed by atoms with Crippen molar-refractivity contribution >= 4 is 28.4 Å². The highest BCUT2D eigenvalue weighted by Gasteiger charge is 2.25. The van der Waals surface area contributed by atoms with Crippen LogP contribution in [-0.2, 0) is 9.59 Å². The van der Waals surface area contributed by atoms with Crippen LogP contribution in [-0.4, -0.2) is 36.2 Å². The summed E-state index contributed by atoms with van der Waals surface area (Å²) in [7, 11) is 1.65. The molecule has 1 aliphatic heterocycles. The zero-order chi connectivity index (χ0) is 28.6. The Morgan fingerprint density at radius 2 is 1.93 bits per heavy atom. The first-order chi connectivity index (χ1) is 19.3. The molecule has 0 saturated heterocycles. The summed E-state index contributed by atoms with van der Waals surface area (Å²) < 4.78 is 11.6. The van der Waals surface area contributed by atoms with Crippen LogP contribution in [0.3, 0.4) is 0 Å². The van der Waals surface area contributed by atoms with E-state index in [0.29, 0.717) is 19.4 Å². The maximum absolute atomic E-state index is 12.1. The topological polar surface area (TPSA) is 128 Å². The lowest BCUT2D eigenvalue weighted by molar-refractivity contribution is -0.122. The fourth-order valence-corrected chi connectivity index (χ4v) is 5.42. The van der Waals surface area contributed by atoms with E-state index in [0.717, 1.165) is 64.2 Å². The molecule has 1 aromatic heterocycles. The van der Waals surface area contributed by atoms with Crippen LogP contribution in [0.2, 0.25) is 0 Å². The Labute approximate surface area is 235 Å². The molecule has 2 heterocycles. The second-order valence-electron chi connectivity index (χ2n) is 10.6. The highest BCUT2D eigenvalue weighted by atomic mass is 16.5. The fourth-order valence-electron chi connectivity index (χ4n) is 5.42. The van der Waals surface area contributed by atoms with Gasteiger partial charge in [0, 0.05) is 29.8 Å². The van der Waals surface area contributed by atoms with E-state index >= 15 is 0 Å². The number of methoxy groups -OCH3 is 1. The van der Waals surface area contributed by atoms with Crippen molar-refractivity contribution in [3.8, 4) is 11.5 Å². The number of carbonyl (C=O) groups excluding carboxylic acids is 2. The van der Waals surface area contributed by atoms with Crippen molar-refractivity contribution in [3.63, 3.8) is 0 Å². The van der Waals surface area contributed by atoms with Gasteiger partial charge in [0.25, 0.3) is 0 Å².